The number of hydrogen-bond acceptors (Lipinski definition) is 2. The van der Waals surface area contributed by atoms with E-state index >= 15 is 0 Å². The zero-order chi connectivity index (χ0) is 9.26. The van der Waals surface area contributed by atoms with Crippen molar-refractivity contribution in [2.75, 3.05) is 0 Å². The maximum absolute atomic E-state index is 11.1. The van der Waals surface area contributed by atoms with Crippen LogP contribution >= 0.6 is 0 Å². The third kappa shape index (κ3) is 1.55. The average molecular weight is 178 g/mol. The van der Waals surface area contributed by atoms with Crippen LogP contribution in [0.15, 0.2) is 30.3 Å². The largest absolute Gasteiger partial charge is 0.453 e. The van der Waals surface area contributed by atoms with Gasteiger partial charge in [0.15, 0.2) is 6.04 Å². The number of quaternary nitrogens is 1. The molecular formula is C10H12NO2+. The van der Waals surface area contributed by atoms with E-state index in [0.717, 1.165) is 5.56 Å². The normalized spacial score (nSPS) is 27.3. The second kappa shape index (κ2) is 3.18. The quantitative estimate of drug-likeness (QED) is 0.628. The van der Waals surface area contributed by atoms with Crippen LogP contribution in [-0.2, 0) is 9.53 Å². The van der Waals surface area contributed by atoms with Gasteiger partial charge in [-0.15, -0.1) is 0 Å². The zero-order valence-corrected chi connectivity index (χ0v) is 7.27. The highest BCUT2D eigenvalue weighted by Gasteiger charge is 2.35. The summed E-state index contributed by atoms with van der Waals surface area (Å²) in [4.78, 5) is 11.1. The van der Waals surface area contributed by atoms with Crippen LogP contribution in [-0.4, -0.2) is 12.0 Å². The number of esters is 1. The zero-order valence-electron chi connectivity index (χ0n) is 7.27. The molecule has 0 saturated carbocycles. The van der Waals surface area contributed by atoms with Gasteiger partial charge in [0.05, 0.1) is 6.42 Å². The first kappa shape index (κ1) is 8.26. The standard InChI is InChI=1S/C10H11NO2/c11-8-6-9(13-10(8)12)7-4-2-1-3-5-7/h1-5,8-9H,6,11H2/p+1/t8-,9-/m1/s1. The number of rotatable bonds is 1. The summed E-state index contributed by atoms with van der Waals surface area (Å²) in [5.74, 6) is -0.186. The molecule has 0 spiro atoms. The van der Waals surface area contributed by atoms with Crippen molar-refractivity contribution in [3.63, 3.8) is 0 Å². The number of carbonyl (C=O) groups excluding carboxylic acids is 1. The first-order chi connectivity index (χ1) is 6.27. The molecule has 2 rings (SSSR count). The second-order valence-corrected chi connectivity index (χ2v) is 3.27. The number of cyclic esters (lactones) is 1. The topological polar surface area (TPSA) is 53.9 Å². The maximum Gasteiger partial charge on any atom is 0.365 e. The fourth-order valence-electron chi connectivity index (χ4n) is 1.51. The van der Waals surface area contributed by atoms with E-state index in [1.807, 2.05) is 30.3 Å². The molecular weight excluding hydrogens is 166 g/mol. The van der Waals surface area contributed by atoms with Crippen LogP contribution in [0.3, 0.4) is 0 Å². The van der Waals surface area contributed by atoms with E-state index in [2.05, 4.69) is 5.73 Å². The van der Waals surface area contributed by atoms with E-state index in [1.165, 1.54) is 0 Å². The number of benzene rings is 1. The van der Waals surface area contributed by atoms with Gasteiger partial charge < -0.3 is 10.5 Å². The Morgan fingerprint density at radius 1 is 1.31 bits per heavy atom. The van der Waals surface area contributed by atoms with Gasteiger partial charge in [0.2, 0.25) is 0 Å². The highest BCUT2D eigenvalue weighted by molar-refractivity contribution is 5.76. The van der Waals surface area contributed by atoms with Crippen molar-refractivity contribution in [1.29, 1.82) is 0 Å². The van der Waals surface area contributed by atoms with Crippen molar-refractivity contribution in [3.8, 4) is 0 Å². The lowest BCUT2D eigenvalue weighted by Crippen LogP contribution is -2.63. The Hall–Kier alpha value is -1.35. The molecule has 3 N–H and O–H groups in total. The van der Waals surface area contributed by atoms with Gasteiger partial charge in [-0.05, 0) is 5.56 Å². The number of carbonyl (C=O) groups is 1. The molecule has 0 unspecified atom stereocenters. The molecule has 0 radical (unpaired) electrons. The Labute approximate surface area is 76.5 Å². The molecule has 0 bridgehead atoms. The van der Waals surface area contributed by atoms with Crippen molar-refractivity contribution >= 4 is 5.97 Å². The van der Waals surface area contributed by atoms with E-state index in [0.29, 0.717) is 6.42 Å². The van der Waals surface area contributed by atoms with Gasteiger partial charge in [-0.1, -0.05) is 30.3 Å². The third-order valence-electron chi connectivity index (χ3n) is 2.26. The Balaban J connectivity index is 2.17. The third-order valence-corrected chi connectivity index (χ3v) is 2.26. The van der Waals surface area contributed by atoms with Crippen LogP contribution in [0.2, 0.25) is 0 Å². The minimum Gasteiger partial charge on any atom is -0.453 e. The molecule has 13 heavy (non-hydrogen) atoms. The molecule has 1 aromatic carbocycles. The molecule has 0 aliphatic carbocycles. The SMILES string of the molecule is [NH3+][C@@H]1C[C@H](c2ccccc2)OC1=O. The van der Waals surface area contributed by atoms with Crippen molar-refractivity contribution in [2.24, 2.45) is 0 Å². The van der Waals surface area contributed by atoms with Gasteiger partial charge in [0, 0.05) is 0 Å². The maximum atomic E-state index is 11.1. The van der Waals surface area contributed by atoms with Gasteiger partial charge >= 0.3 is 5.97 Å². The monoisotopic (exact) mass is 178 g/mol. The highest BCUT2D eigenvalue weighted by atomic mass is 16.6. The molecule has 1 aromatic rings. The van der Waals surface area contributed by atoms with E-state index in [9.17, 15) is 4.79 Å². The summed E-state index contributed by atoms with van der Waals surface area (Å²) in [6, 6.07) is 9.57. The summed E-state index contributed by atoms with van der Waals surface area (Å²) in [5, 5.41) is 0. The first-order valence-corrected chi connectivity index (χ1v) is 4.36. The molecule has 1 aliphatic heterocycles. The highest BCUT2D eigenvalue weighted by Crippen LogP contribution is 2.27. The minimum atomic E-state index is -0.204. The summed E-state index contributed by atoms with van der Waals surface area (Å²) in [5.41, 5.74) is 4.78. The van der Waals surface area contributed by atoms with E-state index in [-0.39, 0.29) is 18.1 Å². The van der Waals surface area contributed by atoms with Crippen molar-refractivity contribution in [3.05, 3.63) is 35.9 Å². The lowest BCUT2D eigenvalue weighted by molar-refractivity contribution is -0.402. The van der Waals surface area contributed by atoms with Crippen LogP contribution in [0.1, 0.15) is 18.1 Å². The summed E-state index contributed by atoms with van der Waals surface area (Å²) in [6.07, 6.45) is 0.610. The van der Waals surface area contributed by atoms with Crippen molar-refractivity contribution in [2.45, 2.75) is 18.6 Å². The molecule has 2 atom stereocenters. The summed E-state index contributed by atoms with van der Waals surface area (Å²) >= 11 is 0. The Bertz CT molecular complexity index is 310. The molecule has 0 amide bonds. The van der Waals surface area contributed by atoms with E-state index < -0.39 is 0 Å². The second-order valence-electron chi connectivity index (χ2n) is 3.27. The Kier molecular flexibility index (Phi) is 2.02. The van der Waals surface area contributed by atoms with E-state index in [4.69, 9.17) is 4.74 Å². The first-order valence-electron chi connectivity index (χ1n) is 4.36. The average Bonchev–Trinajstić information content (AvgIpc) is 2.49. The molecule has 1 aliphatic rings. The van der Waals surface area contributed by atoms with Gasteiger partial charge in [-0.25, -0.2) is 4.79 Å². The molecule has 68 valence electrons. The molecule has 1 saturated heterocycles. The predicted octanol–water partition coefficient (Wildman–Crippen LogP) is 0.285. The van der Waals surface area contributed by atoms with Crippen LogP contribution in [0.25, 0.3) is 0 Å². The van der Waals surface area contributed by atoms with Gasteiger partial charge in [0.1, 0.15) is 6.10 Å². The summed E-state index contributed by atoms with van der Waals surface area (Å²) < 4.78 is 5.16. The van der Waals surface area contributed by atoms with Crippen molar-refractivity contribution in [1.82, 2.24) is 0 Å². The molecule has 1 fully saturated rings. The van der Waals surface area contributed by atoms with Gasteiger partial charge in [0.25, 0.3) is 0 Å². The number of ether oxygens (including phenoxy) is 1. The summed E-state index contributed by atoms with van der Waals surface area (Å²) in [6.45, 7) is 0. The van der Waals surface area contributed by atoms with Crippen LogP contribution in [0.4, 0.5) is 0 Å². The van der Waals surface area contributed by atoms with Gasteiger partial charge in [-0.3, -0.25) is 0 Å². The Morgan fingerprint density at radius 3 is 2.54 bits per heavy atom. The van der Waals surface area contributed by atoms with Crippen LogP contribution < -0.4 is 5.73 Å². The summed E-state index contributed by atoms with van der Waals surface area (Å²) in [7, 11) is 0. The predicted molar refractivity (Wildman–Crippen MR) is 46.6 cm³/mol. The van der Waals surface area contributed by atoms with Gasteiger partial charge in [-0.2, -0.15) is 0 Å². The minimum absolute atomic E-state index is 0.0869. The Morgan fingerprint density at radius 2 is 2.00 bits per heavy atom. The lowest BCUT2D eigenvalue weighted by atomic mass is 10.1. The van der Waals surface area contributed by atoms with Crippen molar-refractivity contribution < 1.29 is 15.3 Å². The van der Waals surface area contributed by atoms with E-state index in [1.54, 1.807) is 0 Å². The fourth-order valence-corrected chi connectivity index (χ4v) is 1.51. The van der Waals surface area contributed by atoms with Crippen LogP contribution in [0, 0.1) is 0 Å². The smallest absolute Gasteiger partial charge is 0.365 e. The lowest BCUT2D eigenvalue weighted by Gasteiger charge is -2.07. The fraction of sp³-hybridized carbons (Fsp3) is 0.300. The number of hydrogen-bond donors (Lipinski definition) is 1. The molecule has 1 heterocycles. The molecule has 3 heteroatoms. The van der Waals surface area contributed by atoms with Crippen LogP contribution in [0.5, 0.6) is 0 Å². The molecule has 3 nitrogen and oxygen atoms in total. The molecule has 0 aromatic heterocycles.